The highest BCUT2D eigenvalue weighted by Gasteiger charge is 2.33. The minimum Gasteiger partial charge on any atom is -0.493 e. The first-order chi connectivity index (χ1) is 13.3. The van der Waals surface area contributed by atoms with Crippen molar-refractivity contribution in [2.45, 2.75) is 19.6 Å². The predicted molar refractivity (Wildman–Crippen MR) is 117 cm³/mol. The van der Waals surface area contributed by atoms with E-state index in [0.717, 1.165) is 16.7 Å². The number of nitrogens with zero attached hydrogens (tertiary/aromatic N) is 2. The fraction of sp³-hybridized carbons (Fsp3) is 0.412. The van der Waals surface area contributed by atoms with E-state index in [1.165, 1.54) is 21.3 Å². The smallest absolute Gasteiger partial charge is 0.434 e. The summed E-state index contributed by atoms with van der Waals surface area (Å²) in [6.45, 7) is 2.43. The number of thiazole rings is 1. The Kier molecular flexibility index (Phi) is 9.76. The molecular weight excluding hydrogens is 524 g/mol. The Labute approximate surface area is 187 Å². The zero-order valence-corrected chi connectivity index (χ0v) is 19.4. The second-order valence-electron chi connectivity index (χ2n) is 5.36. The molecule has 0 aliphatic heterocycles. The highest BCUT2D eigenvalue weighted by molar-refractivity contribution is 14.0. The van der Waals surface area contributed by atoms with Gasteiger partial charge in [-0.3, -0.25) is 0 Å². The number of guanidine groups is 1. The van der Waals surface area contributed by atoms with Crippen LogP contribution in [0.5, 0.6) is 17.2 Å². The first kappa shape index (κ1) is 25.1. The SMILES string of the molecule is CCNC(=NCc1nc(C(F)(F)F)cs1)Nc1cc(OC)c(OC)c(OC)c1.I. The summed E-state index contributed by atoms with van der Waals surface area (Å²) in [4.78, 5) is 7.86. The molecule has 162 valence electrons. The molecule has 0 radical (unpaired) electrons. The van der Waals surface area contributed by atoms with E-state index in [-0.39, 0.29) is 35.5 Å². The summed E-state index contributed by atoms with van der Waals surface area (Å²) in [7, 11) is 4.50. The zero-order valence-electron chi connectivity index (χ0n) is 16.2. The highest BCUT2D eigenvalue weighted by Crippen LogP contribution is 2.39. The van der Waals surface area contributed by atoms with E-state index in [0.29, 0.717) is 35.4 Å². The van der Waals surface area contributed by atoms with Gasteiger partial charge in [0.2, 0.25) is 5.75 Å². The number of nitrogens with one attached hydrogen (secondary N) is 2. The summed E-state index contributed by atoms with van der Waals surface area (Å²) in [6, 6.07) is 3.39. The molecule has 7 nitrogen and oxygen atoms in total. The van der Waals surface area contributed by atoms with Gasteiger partial charge in [-0.15, -0.1) is 35.3 Å². The predicted octanol–water partition coefficient (Wildman–Crippen LogP) is 4.38. The summed E-state index contributed by atoms with van der Waals surface area (Å²) >= 11 is 0.910. The van der Waals surface area contributed by atoms with Crippen LogP contribution in [0.25, 0.3) is 0 Å². The van der Waals surface area contributed by atoms with Crippen LogP contribution < -0.4 is 24.8 Å². The van der Waals surface area contributed by atoms with Gasteiger partial charge in [-0.1, -0.05) is 0 Å². The third-order valence-electron chi connectivity index (χ3n) is 3.49. The van der Waals surface area contributed by atoms with Crippen molar-refractivity contribution in [3.05, 3.63) is 28.2 Å². The number of hydrogen-bond acceptors (Lipinski definition) is 6. The van der Waals surface area contributed by atoms with Crippen molar-refractivity contribution >= 4 is 47.0 Å². The van der Waals surface area contributed by atoms with E-state index >= 15 is 0 Å². The molecule has 1 aromatic carbocycles. The molecule has 0 unspecified atom stereocenters. The third-order valence-corrected chi connectivity index (χ3v) is 4.32. The molecule has 12 heteroatoms. The van der Waals surface area contributed by atoms with Gasteiger partial charge in [0.1, 0.15) is 5.01 Å². The minimum absolute atomic E-state index is 0. The van der Waals surface area contributed by atoms with Gasteiger partial charge >= 0.3 is 6.18 Å². The van der Waals surface area contributed by atoms with Crippen LogP contribution in [0, 0.1) is 0 Å². The Bertz CT molecular complexity index is 805. The summed E-state index contributed by atoms with van der Waals surface area (Å²) in [5.41, 5.74) is -0.311. The molecule has 0 spiro atoms. The largest absolute Gasteiger partial charge is 0.493 e. The molecule has 29 heavy (non-hydrogen) atoms. The maximum atomic E-state index is 12.7. The van der Waals surface area contributed by atoms with Crippen LogP contribution >= 0.6 is 35.3 Å². The van der Waals surface area contributed by atoms with Crippen molar-refractivity contribution in [2.75, 3.05) is 33.2 Å². The van der Waals surface area contributed by atoms with Crippen molar-refractivity contribution in [3.63, 3.8) is 0 Å². The van der Waals surface area contributed by atoms with Gasteiger partial charge < -0.3 is 24.8 Å². The maximum absolute atomic E-state index is 12.7. The molecule has 2 aromatic rings. The highest BCUT2D eigenvalue weighted by atomic mass is 127. The molecule has 0 atom stereocenters. The topological polar surface area (TPSA) is 77.0 Å². The average molecular weight is 546 g/mol. The molecule has 0 saturated carbocycles. The van der Waals surface area contributed by atoms with E-state index in [4.69, 9.17) is 14.2 Å². The summed E-state index contributed by atoms with van der Waals surface area (Å²) in [6.07, 6.45) is -4.46. The normalized spacial score (nSPS) is 11.5. The fourth-order valence-corrected chi connectivity index (χ4v) is 2.98. The molecule has 0 fully saturated rings. The Balaban J connectivity index is 0.00000420. The lowest BCUT2D eigenvalue weighted by Crippen LogP contribution is -2.30. The summed E-state index contributed by atoms with van der Waals surface area (Å²) < 4.78 is 53.9. The van der Waals surface area contributed by atoms with Crippen LogP contribution in [0.3, 0.4) is 0 Å². The second-order valence-corrected chi connectivity index (χ2v) is 6.30. The van der Waals surface area contributed by atoms with E-state index in [1.807, 2.05) is 6.92 Å². The third kappa shape index (κ3) is 6.80. The van der Waals surface area contributed by atoms with Crippen LogP contribution in [0.15, 0.2) is 22.5 Å². The molecule has 1 aromatic heterocycles. The van der Waals surface area contributed by atoms with Gasteiger partial charge in [-0.25, -0.2) is 9.98 Å². The quantitative estimate of drug-likeness (QED) is 0.305. The van der Waals surface area contributed by atoms with Crippen LogP contribution in [-0.2, 0) is 12.7 Å². The molecule has 0 aliphatic carbocycles. The van der Waals surface area contributed by atoms with Crippen molar-refractivity contribution in [3.8, 4) is 17.2 Å². The van der Waals surface area contributed by atoms with Crippen molar-refractivity contribution in [1.82, 2.24) is 10.3 Å². The van der Waals surface area contributed by atoms with Gasteiger partial charge in [-0.05, 0) is 6.92 Å². The van der Waals surface area contributed by atoms with Crippen LogP contribution in [0.4, 0.5) is 18.9 Å². The van der Waals surface area contributed by atoms with Gasteiger partial charge in [0, 0.05) is 29.7 Å². The number of aliphatic imine (C=N–C) groups is 1. The van der Waals surface area contributed by atoms with E-state index < -0.39 is 11.9 Å². The molecule has 0 amide bonds. The molecule has 2 rings (SSSR count). The van der Waals surface area contributed by atoms with Crippen LogP contribution in [0.1, 0.15) is 17.6 Å². The molecule has 2 N–H and O–H groups in total. The first-order valence-corrected chi connectivity index (χ1v) is 9.07. The van der Waals surface area contributed by atoms with Gasteiger partial charge in [0.25, 0.3) is 0 Å². The van der Waals surface area contributed by atoms with Crippen molar-refractivity contribution in [2.24, 2.45) is 4.99 Å². The number of benzene rings is 1. The van der Waals surface area contributed by atoms with E-state index in [9.17, 15) is 13.2 Å². The number of aromatic nitrogens is 1. The molecular formula is C17H22F3IN4O3S. The number of hydrogen-bond donors (Lipinski definition) is 2. The minimum atomic E-state index is -4.46. The average Bonchev–Trinajstić information content (AvgIpc) is 3.15. The van der Waals surface area contributed by atoms with E-state index in [2.05, 4.69) is 20.6 Å². The van der Waals surface area contributed by atoms with Gasteiger partial charge in [0.05, 0.1) is 27.9 Å². The lowest BCUT2D eigenvalue weighted by molar-refractivity contribution is -0.140. The van der Waals surface area contributed by atoms with Crippen LogP contribution in [0.2, 0.25) is 0 Å². The fourth-order valence-electron chi connectivity index (χ4n) is 2.26. The number of ether oxygens (including phenoxy) is 3. The first-order valence-electron chi connectivity index (χ1n) is 8.19. The number of anilines is 1. The van der Waals surface area contributed by atoms with Crippen LogP contribution in [-0.4, -0.2) is 38.8 Å². The number of rotatable bonds is 7. The summed E-state index contributed by atoms with van der Waals surface area (Å²) in [5, 5.41) is 7.32. The maximum Gasteiger partial charge on any atom is 0.434 e. The Morgan fingerprint density at radius 3 is 2.21 bits per heavy atom. The number of methoxy groups -OCH3 is 3. The molecule has 0 aliphatic rings. The Morgan fingerprint density at radius 1 is 1.14 bits per heavy atom. The standard InChI is InChI=1S/C17H21F3N4O3S.HI/c1-5-21-16(22-8-14-24-13(9-28-14)17(18,19)20)23-10-6-11(25-2)15(27-4)12(7-10)26-3;/h6-7,9H,5,8H2,1-4H3,(H2,21,22,23);1H. The second kappa shape index (κ2) is 11.3. The van der Waals surface area contributed by atoms with Gasteiger partial charge in [0.15, 0.2) is 23.2 Å². The van der Waals surface area contributed by atoms with Crippen molar-refractivity contribution in [1.29, 1.82) is 0 Å². The number of halogens is 4. The van der Waals surface area contributed by atoms with E-state index in [1.54, 1.807) is 12.1 Å². The molecule has 1 heterocycles. The van der Waals surface area contributed by atoms with Gasteiger partial charge in [-0.2, -0.15) is 13.2 Å². The molecule has 0 saturated heterocycles. The monoisotopic (exact) mass is 546 g/mol. The summed E-state index contributed by atoms with van der Waals surface area (Å²) in [5.74, 6) is 1.73. The Morgan fingerprint density at radius 2 is 1.76 bits per heavy atom. The van der Waals surface area contributed by atoms with Crippen molar-refractivity contribution < 1.29 is 27.4 Å². The number of alkyl halides is 3. The Hall–Kier alpha value is -1.96. The lowest BCUT2D eigenvalue weighted by atomic mass is 10.2. The molecule has 0 bridgehead atoms. The lowest BCUT2D eigenvalue weighted by Gasteiger charge is -2.16. The zero-order chi connectivity index (χ0) is 20.7.